The predicted octanol–water partition coefficient (Wildman–Crippen LogP) is 2.77. The van der Waals surface area contributed by atoms with E-state index < -0.39 is 27.6 Å². The van der Waals surface area contributed by atoms with Crippen LogP contribution in [0.3, 0.4) is 0 Å². The van der Waals surface area contributed by atoms with Gasteiger partial charge in [-0.25, -0.2) is 8.42 Å². The van der Waals surface area contributed by atoms with Gasteiger partial charge < -0.3 is 15.4 Å². The van der Waals surface area contributed by atoms with Gasteiger partial charge in [-0.15, -0.1) is 0 Å². The number of benzene rings is 2. The summed E-state index contributed by atoms with van der Waals surface area (Å²) in [6, 6.07) is 13.3. The van der Waals surface area contributed by atoms with Crippen LogP contribution in [0.25, 0.3) is 0 Å². The molecular weight excluding hydrogens is 418 g/mol. The topological polar surface area (TPSA) is 105 Å². The van der Waals surface area contributed by atoms with Crippen LogP contribution in [0.2, 0.25) is 0 Å². The zero-order valence-corrected chi connectivity index (χ0v) is 18.8. The van der Waals surface area contributed by atoms with E-state index in [2.05, 4.69) is 10.6 Å². The zero-order valence-electron chi connectivity index (χ0n) is 18.0. The highest BCUT2D eigenvalue weighted by molar-refractivity contribution is 7.92. The first-order valence-corrected chi connectivity index (χ1v) is 11.6. The lowest BCUT2D eigenvalue weighted by Crippen LogP contribution is -2.49. The molecule has 166 valence electrons. The van der Waals surface area contributed by atoms with Crippen molar-refractivity contribution in [1.29, 1.82) is 0 Å². The van der Waals surface area contributed by atoms with Crippen LogP contribution in [0.15, 0.2) is 48.5 Å². The maximum Gasteiger partial charge on any atom is 0.267 e. The molecule has 9 heteroatoms. The Kier molecular flexibility index (Phi) is 6.26. The van der Waals surface area contributed by atoms with Crippen LogP contribution in [-0.4, -0.2) is 44.2 Å². The summed E-state index contributed by atoms with van der Waals surface area (Å²) in [6.07, 6.45) is -1.07. The van der Waals surface area contributed by atoms with Crippen molar-refractivity contribution >= 4 is 33.2 Å². The lowest BCUT2D eigenvalue weighted by molar-refractivity contribution is -0.122. The number of carbonyl (C=O) groups is 2. The molecule has 0 radical (unpaired) electrons. The van der Waals surface area contributed by atoms with Gasteiger partial charge in [0.1, 0.15) is 5.75 Å². The second kappa shape index (κ2) is 8.58. The van der Waals surface area contributed by atoms with Gasteiger partial charge in [0, 0.05) is 5.54 Å². The molecule has 0 unspecified atom stereocenters. The van der Waals surface area contributed by atoms with E-state index >= 15 is 0 Å². The van der Waals surface area contributed by atoms with E-state index in [4.69, 9.17) is 4.74 Å². The number of carbonyl (C=O) groups excluding carboxylic acids is 2. The molecule has 0 saturated carbocycles. The fraction of sp³-hybridized carbons (Fsp3) is 0.364. The van der Waals surface area contributed by atoms with Crippen molar-refractivity contribution in [2.75, 3.05) is 21.9 Å². The molecule has 1 heterocycles. The molecular formula is C22H27N3O5S. The average molecular weight is 446 g/mol. The van der Waals surface area contributed by atoms with Crippen molar-refractivity contribution in [1.82, 2.24) is 5.32 Å². The molecule has 0 bridgehead atoms. The zero-order chi connectivity index (χ0) is 22.8. The van der Waals surface area contributed by atoms with Gasteiger partial charge in [-0.2, -0.15) is 0 Å². The van der Waals surface area contributed by atoms with Crippen molar-refractivity contribution in [3.63, 3.8) is 0 Å². The molecule has 1 aliphatic rings. The molecule has 1 atom stereocenters. The van der Waals surface area contributed by atoms with Crippen molar-refractivity contribution in [3.8, 4) is 5.75 Å². The Balaban J connectivity index is 1.86. The summed E-state index contributed by atoms with van der Waals surface area (Å²) in [5, 5.41) is 5.59. The molecule has 8 nitrogen and oxygen atoms in total. The average Bonchev–Trinajstić information content (AvgIpc) is 2.72. The second-order valence-electron chi connectivity index (χ2n) is 8.24. The lowest BCUT2D eigenvalue weighted by atomic mass is 10.1. The number of para-hydroxylation sites is 3. The maximum absolute atomic E-state index is 13.0. The molecule has 1 aliphatic heterocycles. The first kappa shape index (κ1) is 22.6. The first-order chi connectivity index (χ1) is 14.5. The highest BCUT2D eigenvalue weighted by atomic mass is 32.2. The van der Waals surface area contributed by atoms with E-state index in [1.54, 1.807) is 55.5 Å². The highest BCUT2D eigenvalue weighted by Crippen LogP contribution is 2.35. The Morgan fingerprint density at radius 2 is 1.74 bits per heavy atom. The number of ether oxygens (including phenoxy) is 1. The SMILES string of the molecule is CCS(=O)(=O)N1C[C@H](C(=O)Nc2ccccc2C(=O)NC(C)(C)C)Oc2ccccc21. The number of nitrogens with one attached hydrogen (secondary N) is 2. The number of sulfonamides is 1. The summed E-state index contributed by atoms with van der Waals surface area (Å²) in [6.45, 7) is 6.98. The van der Waals surface area contributed by atoms with Gasteiger partial charge in [0.2, 0.25) is 10.0 Å². The first-order valence-electron chi connectivity index (χ1n) is 10.0. The smallest absolute Gasteiger partial charge is 0.267 e. The summed E-state index contributed by atoms with van der Waals surface area (Å²) in [7, 11) is -3.61. The number of hydrogen-bond acceptors (Lipinski definition) is 5. The van der Waals surface area contributed by atoms with Gasteiger partial charge in [0.25, 0.3) is 11.8 Å². The Labute approximate surface area is 182 Å². The minimum absolute atomic E-state index is 0.106. The monoisotopic (exact) mass is 445 g/mol. The number of nitrogens with zero attached hydrogens (tertiary/aromatic N) is 1. The summed E-state index contributed by atoms with van der Waals surface area (Å²) in [4.78, 5) is 25.7. The van der Waals surface area contributed by atoms with E-state index in [1.807, 2.05) is 20.8 Å². The Morgan fingerprint density at radius 1 is 1.10 bits per heavy atom. The van der Waals surface area contributed by atoms with Crippen molar-refractivity contribution in [2.24, 2.45) is 0 Å². The van der Waals surface area contributed by atoms with Crippen LogP contribution in [0.4, 0.5) is 11.4 Å². The van der Waals surface area contributed by atoms with Crippen LogP contribution >= 0.6 is 0 Å². The maximum atomic E-state index is 13.0. The molecule has 2 aromatic rings. The number of fused-ring (bicyclic) bond motifs is 1. The van der Waals surface area contributed by atoms with Gasteiger partial charge in [0.15, 0.2) is 6.10 Å². The van der Waals surface area contributed by atoms with Crippen LogP contribution in [0.1, 0.15) is 38.1 Å². The van der Waals surface area contributed by atoms with Crippen molar-refractivity contribution in [3.05, 3.63) is 54.1 Å². The standard InChI is InChI=1S/C22H27N3O5S/c1-5-31(28,29)25-14-19(30-18-13-9-8-12-17(18)25)21(27)23-16-11-7-6-10-15(16)20(26)24-22(2,3)4/h6-13,19H,5,14H2,1-4H3,(H,23,27)(H,24,26)/t19-/m1/s1. The predicted molar refractivity (Wildman–Crippen MR) is 120 cm³/mol. The minimum atomic E-state index is -3.61. The number of rotatable bonds is 5. The Morgan fingerprint density at radius 3 is 2.42 bits per heavy atom. The molecule has 31 heavy (non-hydrogen) atoms. The van der Waals surface area contributed by atoms with E-state index in [0.29, 0.717) is 22.7 Å². The molecule has 3 rings (SSSR count). The van der Waals surface area contributed by atoms with E-state index in [1.165, 1.54) is 4.31 Å². The summed E-state index contributed by atoms with van der Waals surface area (Å²) >= 11 is 0. The third-order valence-corrected chi connectivity index (χ3v) is 6.39. The number of anilines is 2. The number of hydrogen-bond donors (Lipinski definition) is 2. The molecule has 0 aliphatic carbocycles. The van der Waals surface area contributed by atoms with Gasteiger partial charge in [0.05, 0.1) is 29.2 Å². The molecule has 0 aromatic heterocycles. The van der Waals surface area contributed by atoms with E-state index in [0.717, 1.165) is 0 Å². The van der Waals surface area contributed by atoms with Gasteiger partial charge in [-0.1, -0.05) is 24.3 Å². The number of amides is 2. The fourth-order valence-corrected chi connectivity index (χ4v) is 4.29. The summed E-state index contributed by atoms with van der Waals surface area (Å²) in [5.41, 5.74) is 0.583. The summed E-state index contributed by atoms with van der Waals surface area (Å²) in [5.74, 6) is -0.661. The lowest BCUT2D eigenvalue weighted by Gasteiger charge is -2.34. The van der Waals surface area contributed by atoms with Crippen LogP contribution in [0.5, 0.6) is 5.75 Å². The quantitative estimate of drug-likeness (QED) is 0.736. The molecule has 0 spiro atoms. The second-order valence-corrected chi connectivity index (χ2v) is 10.4. The van der Waals surface area contributed by atoms with Crippen molar-refractivity contribution in [2.45, 2.75) is 39.3 Å². The molecule has 2 amide bonds. The Hall–Kier alpha value is -3.07. The molecule has 2 aromatic carbocycles. The van der Waals surface area contributed by atoms with Gasteiger partial charge >= 0.3 is 0 Å². The molecule has 0 saturated heterocycles. The summed E-state index contributed by atoms with van der Waals surface area (Å²) < 4.78 is 32.2. The highest BCUT2D eigenvalue weighted by Gasteiger charge is 2.36. The fourth-order valence-electron chi connectivity index (χ4n) is 3.17. The Bertz CT molecular complexity index is 1090. The van der Waals surface area contributed by atoms with Crippen LogP contribution < -0.4 is 19.7 Å². The van der Waals surface area contributed by atoms with Gasteiger partial charge in [-0.05, 0) is 52.0 Å². The molecule has 2 N–H and O–H groups in total. The third kappa shape index (κ3) is 5.16. The molecule has 0 fully saturated rings. The van der Waals surface area contributed by atoms with Crippen LogP contribution in [-0.2, 0) is 14.8 Å². The van der Waals surface area contributed by atoms with E-state index in [-0.39, 0.29) is 18.2 Å². The van der Waals surface area contributed by atoms with Crippen LogP contribution in [0, 0.1) is 0 Å². The normalized spacial score (nSPS) is 16.1. The van der Waals surface area contributed by atoms with E-state index in [9.17, 15) is 18.0 Å². The largest absolute Gasteiger partial charge is 0.476 e. The third-order valence-electron chi connectivity index (χ3n) is 4.65. The minimum Gasteiger partial charge on any atom is -0.476 e. The van der Waals surface area contributed by atoms with Gasteiger partial charge in [-0.3, -0.25) is 13.9 Å². The van der Waals surface area contributed by atoms with Crippen molar-refractivity contribution < 1.29 is 22.7 Å².